The van der Waals surface area contributed by atoms with Crippen molar-refractivity contribution in [3.63, 3.8) is 0 Å². The minimum atomic E-state index is -0.238. The molecule has 3 amide bonds. The Morgan fingerprint density at radius 3 is 2.68 bits per heavy atom. The minimum Gasteiger partial charge on any atom is -0.348 e. The van der Waals surface area contributed by atoms with Crippen LogP contribution in [0.1, 0.15) is 62.6 Å². The summed E-state index contributed by atoms with van der Waals surface area (Å²) in [7, 11) is 0. The van der Waals surface area contributed by atoms with E-state index < -0.39 is 0 Å². The SMILES string of the molecule is C[C@@H]1CCCC[C@@H]1NC(=O)NCC(=O)N[C@@H]1CCCc2ccccc21. The Bertz CT molecular complexity index is 617. The lowest BCUT2D eigenvalue weighted by Crippen LogP contribution is -2.48. The number of carbonyl (C=O) groups excluding carboxylic acids is 2. The third-order valence-electron chi connectivity index (χ3n) is 5.54. The Balaban J connectivity index is 1.45. The van der Waals surface area contributed by atoms with Crippen molar-refractivity contribution in [3.05, 3.63) is 35.4 Å². The normalized spacial score (nSPS) is 25.6. The zero-order chi connectivity index (χ0) is 17.6. The van der Waals surface area contributed by atoms with E-state index in [1.54, 1.807) is 0 Å². The van der Waals surface area contributed by atoms with Crippen LogP contribution in [0.2, 0.25) is 0 Å². The van der Waals surface area contributed by atoms with Gasteiger partial charge in [-0.2, -0.15) is 0 Å². The number of aryl methyl sites for hydroxylation is 1. The second-order valence-corrected chi connectivity index (χ2v) is 7.41. The molecule has 136 valence electrons. The molecule has 2 aliphatic rings. The minimum absolute atomic E-state index is 0.0194. The van der Waals surface area contributed by atoms with Crippen LogP contribution in [-0.4, -0.2) is 24.5 Å². The van der Waals surface area contributed by atoms with E-state index in [1.807, 2.05) is 12.1 Å². The average molecular weight is 343 g/mol. The topological polar surface area (TPSA) is 70.2 Å². The summed E-state index contributed by atoms with van der Waals surface area (Å²) >= 11 is 0. The molecule has 2 aliphatic carbocycles. The predicted molar refractivity (Wildman–Crippen MR) is 98.2 cm³/mol. The standard InChI is InChI=1S/C20H29N3O2/c1-14-7-2-5-11-17(14)23-20(25)21-13-19(24)22-18-12-6-9-15-8-3-4-10-16(15)18/h3-4,8,10,14,17-18H,2,5-7,9,11-13H2,1H3,(H,22,24)(H2,21,23,25)/t14-,17+,18-/m1/s1. The highest BCUT2D eigenvalue weighted by Gasteiger charge is 2.24. The summed E-state index contributed by atoms with van der Waals surface area (Å²) in [6, 6.07) is 8.32. The van der Waals surface area contributed by atoms with Gasteiger partial charge in [-0.25, -0.2) is 4.79 Å². The number of amides is 3. The van der Waals surface area contributed by atoms with E-state index in [-0.39, 0.29) is 30.6 Å². The molecule has 5 nitrogen and oxygen atoms in total. The third kappa shape index (κ3) is 4.74. The van der Waals surface area contributed by atoms with E-state index in [2.05, 4.69) is 35.0 Å². The molecule has 25 heavy (non-hydrogen) atoms. The fourth-order valence-electron chi connectivity index (χ4n) is 4.06. The van der Waals surface area contributed by atoms with Crippen LogP contribution in [-0.2, 0) is 11.2 Å². The lowest BCUT2D eigenvalue weighted by atomic mass is 9.86. The summed E-state index contributed by atoms with van der Waals surface area (Å²) in [5.74, 6) is 0.376. The van der Waals surface area contributed by atoms with Crippen LogP contribution in [0.5, 0.6) is 0 Å². The molecule has 1 fully saturated rings. The highest BCUT2D eigenvalue weighted by atomic mass is 16.2. The van der Waals surface area contributed by atoms with Gasteiger partial charge in [-0.05, 0) is 49.1 Å². The van der Waals surface area contributed by atoms with Gasteiger partial charge in [0.2, 0.25) is 5.91 Å². The molecule has 0 heterocycles. The fraction of sp³-hybridized carbons (Fsp3) is 0.600. The van der Waals surface area contributed by atoms with E-state index in [0.717, 1.165) is 38.5 Å². The van der Waals surface area contributed by atoms with Gasteiger partial charge < -0.3 is 16.0 Å². The number of urea groups is 1. The number of hydrogen-bond donors (Lipinski definition) is 3. The maximum Gasteiger partial charge on any atom is 0.315 e. The average Bonchev–Trinajstić information content (AvgIpc) is 2.62. The Morgan fingerprint density at radius 2 is 1.84 bits per heavy atom. The monoisotopic (exact) mass is 343 g/mol. The van der Waals surface area contributed by atoms with Crippen LogP contribution in [0, 0.1) is 5.92 Å². The van der Waals surface area contributed by atoms with E-state index in [0.29, 0.717) is 5.92 Å². The second-order valence-electron chi connectivity index (χ2n) is 7.41. The highest BCUT2D eigenvalue weighted by molar-refractivity contribution is 5.84. The molecule has 3 atom stereocenters. The van der Waals surface area contributed by atoms with Crippen molar-refractivity contribution >= 4 is 11.9 Å². The van der Waals surface area contributed by atoms with Gasteiger partial charge >= 0.3 is 6.03 Å². The van der Waals surface area contributed by atoms with Crippen LogP contribution in [0.15, 0.2) is 24.3 Å². The molecule has 0 saturated heterocycles. The van der Waals surface area contributed by atoms with Crippen LogP contribution >= 0.6 is 0 Å². The summed E-state index contributed by atoms with van der Waals surface area (Å²) in [6.45, 7) is 2.20. The second kappa shape index (κ2) is 8.37. The first kappa shape index (κ1) is 17.8. The van der Waals surface area contributed by atoms with Gasteiger partial charge in [0.15, 0.2) is 0 Å². The molecule has 1 saturated carbocycles. The number of carbonyl (C=O) groups is 2. The van der Waals surface area contributed by atoms with Crippen molar-refractivity contribution in [2.75, 3.05) is 6.54 Å². The largest absolute Gasteiger partial charge is 0.348 e. The molecule has 0 aliphatic heterocycles. The van der Waals surface area contributed by atoms with Gasteiger partial charge in [0.1, 0.15) is 0 Å². The summed E-state index contributed by atoms with van der Waals surface area (Å²) in [5.41, 5.74) is 2.53. The lowest BCUT2D eigenvalue weighted by molar-refractivity contribution is -0.120. The molecule has 1 aromatic rings. The maximum atomic E-state index is 12.2. The quantitative estimate of drug-likeness (QED) is 0.786. The van der Waals surface area contributed by atoms with Gasteiger partial charge in [-0.1, -0.05) is 44.0 Å². The molecule has 5 heteroatoms. The zero-order valence-electron chi connectivity index (χ0n) is 15.0. The Morgan fingerprint density at radius 1 is 1.04 bits per heavy atom. The Labute approximate surface area is 150 Å². The summed E-state index contributed by atoms with van der Waals surface area (Å²) in [6.07, 6.45) is 7.70. The van der Waals surface area contributed by atoms with E-state index in [9.17, 15) is 9.59 Å². The first-order valence-electron chi connectivity index (χ1n) is 9.55. The maximum absolute atomic E-state index is 12.2. The molecular formula is C20H29N3O2. The van der Waals surface area contributed by atoms with Crippen molar-refractivity contribution in [1.29, 1.82) is 0 Å². The molecule has 0 unspecified atom stereocenters. The molecule has 0 radical (unpaired) electrons. The fourth-order valence-corrected chi connectivity index (χ4v) is 4.06. The molecule has 3 rings (SSSR count). The van der Waals surface area contributed by atoms with Crippen molar-refractivity contribution in [1.82, 2.24) is 16.0 Å². The summed E-state index contributed by atoms with van der Waals surface area (Å²) in [5, 5.41) is 8.78. The smallest absolute Gasteiger partial charge is 0.315 e. The predicted octanol–water partition coefficient (Wildman–Crippen LogP) is 3.06. The number of hydrogen-bond acceptors (Lipinski definition) is 2. The molecule has 3 N–H and O–H groups in total. The molecule has 1 aromatic carbocycles. The number of nitrogens with one attached hydrogen (secondary N) is 3. The zero-order valence-corrected chi connectivity index (χ0v) is 15.0. The number of rotatable bonds is 4. The van der Waals surface area contributed by atoms with Crippen LogP contribution in [0.25, 0.3) is 0 Å². The molecular weight excluding hydrogens is 314 g/mol. The molecule has 0 aromatic heterocycles. The van der Waals surface area contributed by atoms with Crippen LogP contribution in [0.3, 0.4) is 0 Å². The van der Waals surface area contributed by atoms with Gasteiger partial charge in [0.05, 0.1) is 12.6 Å². The van der Waals surface area contributed by atoms with Crippen molar-refractivity contribution in [2.45, 2.75) is 64.0 Å². The summed E-state index contributed by atoms with van der Waals surface area (Å²) < 4.78 is 0. The van der Waals surface area contributed by atoms with E-state index >= 15 is 0 Å². The third-order valence-corrected chi connectivity index (χ3v) is 5.54. The van der Waals surface area contributed by atoms with Gasteiger partial charge in [-0.15, -0.1) is 0 Å². The first-order chi connectivity index (χ1) is 12.1. The Kier molecular flexibility index (Phi) is 5.95. The van der Waals surface area contributed by atoms with E-state index in [4.69, 9.17) is 0 Å². The van der Waals surface area contributed by atoms with E-state index in [1.165, 1.54) is 17.5 Å². The van der Waals surface area contributed by atoms with Gasteiger partial charge in [-0.3, -0.25) is 4.79 Å². The number of fused-ring (bicyclic) bond motifs is 1. The van der Waals surface area contributed by atoms with Crippen LogP contribution in [0.4, 0.5) is 4.79 Å². The molecule has 0 bridgehead atoms. The van der Waals surface area contributed by atoms with Gasteiger partial charge in [0, 0.05) is 6.04 Å². The van der Waals surface area contributed by atoms with Crippen molar-refractivity contribution < 1.29 is 9.59 Å². The van der Waals surface area contributed by atoms with Crippen LogP contribution < -0.4 is 16.0 Å². The first-order valence-corrected chi connectivity index (χ1v) is 9.55. The van der Waals surface area contributed by atoms with Crippen molar-refractivity contribution in [2.24, 2.45) is 5.92 Å². The van der Waals surface area contributed by atoms with Gasteiger partial charge in [0.25, 0.3) is 0 Å². The Hall–Kier alpha value is -2.04. The lowest BCUT2D eigenvalue weighted by Gasteiger charge is -2.29. The van der Waals surface area contributed by atoms with Crippen molar-refractivity contribution in [3.8, 4) is 0 Å². The summed E-state index contributed by atoms with van der Waals surface area (Å²) in [4.78, 5) is 24.3. The number of benzene rings is 1. The highest BCUT2D eigenvalue weighted by Crippen LogP contribution is 2.29. The molecule has 0 spiro atoms.